The van der Waals surface area contributed by atoms with E-state index in [9.17, 15) is 0 Å². The number of benzene rings is 1. The summed E-state index contributed by atoms with van der Waals surface area (Å²) in [4.78, 5) is 10.00. The molecule has 5 nitrogen and oxygen atoms in total. The minimum absolute atomic E-state index is 0.126. The fraction of sp³-hybridized carbons (Fsp3) is 0.273. The van der Waals surface area contributed by atoms with Crippen LogP contribution in [0.2, 0.25) is 5.02 Å². The number of halogens is 1. The van der Waals surface area contributed by atoms with Crippen LogP contribution in [0.15, 0.2) is 64.9 Å². The molecule has 1 aromatic carbocycles. The molecule has 0 spiro atoms. The molecule has 1 saturated carbocycles. The summed E-state index contributed by atoms with van der Waals surface area (Å²) in [6, 6.07) is 12.2. The van der Waals surface area contributed by atoms with Gasteiger partial charge >= 0.3 is 0 Å². The van der Waals surface area contributed by atoms with Gasteiger partial charge in [-0.3, -0.25) is 9.71 Å². The number of hydrogen-bond donors (Lipinski definition) is 2. The highest BCUT2D eigenvalue weighted by Crippen LogP contribution is 2.39. The topological polar surface area (TPSA) is 67.7 Å². The highest BCUT2D eigenvalue weighted by atomic mass is 35.5. The van der Waals surface area contributed by atoms with Crippen molar-refractivity contribution in [3.8, 4) is 0 Å². The zero-order valence-electron chi connectivity index (χ0n) is 16.3. The molecule has 29 heavy (non-hydrogen) atoms. The maximum Gasteiger partial charge on any atom is 0.137 e. The summed E-state index contributed by atoms with van der Waals surface area (Å²) < 4.78 is 5.47. The van der Waals surface area contributed by atoms with Crippen LogP contribution in [0.5, 0.6) is 0 Å². The molecule has 150 valence electrons. The van der Waals surface area contributed by atoms with Gasteiger partial charge in [0.2, 0.25) is 0 Å². The van der Waals surface area contributed by atoms with Crippen molar-refractivity contribution in [2.45, 2.75) is 38.3 Å². The van der Waals surface area contributed by atoms with Gasteiger partial charge < -0.3 is 10.1 Å². The lowest BCUT2D eigenvalue weighted by Crippen LogP contribution is -2.11. The van der Waals surface area contributed by atoms with Crippen LogP contribution in [-0.2, 0) is 6.54 Å². The number of fused-ring (bicyclic) bond motifs is 1. The Bertz CT molecular complexity index is 1050. The molecular weight excluding hydrogens is 402 g/mol. The van der Waals surface area contributed by atoms with Crippen molar-refractivity contribution in [2.24, 2.45) is 10.7 Å². The molecule has 3 N–H and O–H groups in total. The minimum Gasteiger partial charge on any atom is -0.404 e. The average molecular weight is 426 g/mol. The number of allylic oxidation sites excluding steroid dienone is 1. The molecule has 4 rings (SSSR count). The molecule has 0 radical (unpaired) electrons. The number of nitrogens with zero attached hydrogens (tertiary/aromatic N) is 3. The molecule has 7 heteroatoms. The van der Waals surface area contributed by atoms with Crippen LogP contribution >= 0.6 is 23.5 Å². The Morgan fingerprint density at radius 2 is 2.24 bits per heavy atom. The monoisotopic (exact) mass is 425 g/mol. The predicted octanol–water partition coefficient (Wildman–Crippen LogP) is 5.24. The van der Waals surface area contributed by atoms with E-state index in [1.54, 1.807) is 12.4 Å². The van der Waals surface area contributed by atoms with Crippen LogP contribution in [0, 0.1) is 0 Å². The molecular formula is C22H24ClN5S. The maximum absolute atomic E-state index is 6.07. The second kappa shape index (κ2) is 9.03. The SMILES string of the molecule is CC(NS/C(C=NCc1cn2cc(C3CC3)ccc2n1)=C/N)c1cccc(Cl)c1. The highest BCUT2D eigenvalue weighted by molar-refractivity contribution is 8.02. The predicted molar refractivity (Wildman–Crippen MR) is 122 cm³/mol. The summed E-state index contributed by atoms with van der Waals surface area (Å²) in [6.45, 7) is 2.60. The van der Waals surface area contributed by atoms with Crippen molar-refractivity contribution >= 4 is 35.4 Å². The normalized spacial score (nSPS) is 16.0. The molecule has 1 aliphatic carbocycles. The van der Waals surface area contributed by atoms with Crippen LogP contribution in [-0.4, -0.2) is 15.6 Å². The highest BCUT2D eigenvalue weighted by Gasteiger charge is 2.23. The molecule has 1 unspecified atom stereocenters. The molecule has 1 fully saturated rings. The minimum atomic E-state index is 0.126. The zero-order chi connectivity index (χ0) is 20.2. The quantitative estimate of drug-likeness (QED) is 0.382. The molecule has 3 aromatic rings. The largest absolute Gasteiger partial charge is 0.404 e. The van der Waals surface area contributed by atoms with E-state index in [1.165, 1.54) is 30.4 Å². The third kappa shape index (κ3) is 5.21. The van der Waals surface area contributed by atoms with Gasteiger partial charge in [0.05, 0.1) is 17.1 Å². The van der Waals surface area contributed by atoms with E-state index in [1.807, 2.05) is 24.3 Å². The Hall–Kier alpha value is -2.28. The summed E-state index contributed by atoms with van der Waals surface area (Å²) in [7, 11) is 0. The van der Waals surface area contributed by atoms with E-state index < -0.39 is 0 Å². The third-order valence-electron chi connectivity index (χ3n) is 4.91. The Morgan fingerprint density at radius 3 is 3.00 bits per heavy atom. The maximum atomic E-state index is 6.07. The number of pyridine rings is 1. The molecule has 1 aliphatic rings. The molecule has 2 heterocycles. The van der Waals surface area contributed by atoms with Gasteiger partial charge in [0.25, 0.3) is 0 Å². The van der Waals surface area contributed by atoms with Crippen LogP contribution in [0.1, 0.15) is 48.5 Å². The first-order valence-corrected chi connectivity index (χ1v) is 10.9. The Morgan fingerprint density at radius 1 is 1.38 bits per heavy atom. The van der Waals surface area contributed by atoms with Crippen LogP contribution in [0.3, 0.4) is 0 Å². The average Bonchev–Trinajstić information content (AvgIpc) is 3.49. The molecule has 2 aromatic heterocycles. The van der Waals surface area contributed by atoms with Crippen molar-refractivity contribution < 1.29 is 0 Å². The first kappa shape index (κ1) is 20.0. The molecule has 1 atom stereocenters. The Labute approximate surface area is 180 Å². The lowest BCUT2D eigenvalue weighted by Gasteiger charge is -2.13. The second-order valence-electron chi connectivity index (χ2n) is 7.27. The van der Waals surface area contributed by atoms with Crippen LogP contribution in [0.25, 0.3) is 5.65 Å². The van der Waals surface area contributed by atoms with Gasteiger partial charge in [0, 0.05) is 35.9 Å². The smallest absolute Gasteiger partial charge is 0.137 e. The van der Waals surface area contributed by atoms with E-state index in [4.69, 9.17) is 17.3 Å². The van der Waals surface area contributed by atoms with Gasteiger partial charge in [-0.1, -0.05) is 29.8 Å². The van der Waals surface area contributed by atoms with E-state index in [0.717, 1.165) is 32.8 Å². The third-order valence-corrected chi connectivity index (χ3v) is 6.09. The summed E-state index contributed by atoms with van der Waals surface area (Å²) in [5.74, 6) is 0.736. The van der Waals surface area contributed by atoms with E-state index in [2.05, 4.69) is 50.5 Å². The number of imidazole rings is 1. The lowest BCUT2D eigenvalue weighted by atomic mass is 10.1. The fourth-order valence-electron chi connectivity index (χ4n) is 3.13. The van der Waals surface area contributed by atoms with E-state index in [0.29, 0.717) is 6.54 Å². The summed E-state index contributed by atoms with van der Waals surface area (Å²) >= 11 is 7.52. The van der Waals surface area contributed by atoms with Gasteiger partial charge in [-0.05, 0) is 67.0 Å². The van der Waals surface area contributed by atoms with Gasteiger partial charge in [-0.25, -0.2) is 4.98 Å². The molecule has 0 saturated heterocycles. The second-order valence-corrected chi connectivity index (χ2v) is 8.62. The first-order valence-electron chi connectivity index (χ1n) is 9.69. The molecule has 0 aliphatic heterocycles. The van der Waals surface area contributed by atoms with Crippen molar-refractivity contribution in [1.82, 2.24) is 14.1 Å². The number of nitrogens with one attached hydrogen (secondary N) is 1. The number of nitrogens with two attached hydrogens (primary N) is 1. The number of rotatable bonds is 8. The van der Waals surface area contributed by atoms with Crippen molar-refractivity contribution in [3.05, 3.63) is 81.7 Å². The lowest BCUT2D eigenvalue weighted by molar-refractivity contribution is 0.756. The first-order chi connectivity index (χ1) is 14.1. The van der Waals surface area contributed by atoms with Crippen LogP contribution < -0.4 is 10.5 Å². The number of aromatic nitrogens is 2. The zero-order valence-corrected chi connectivity index (χ0v) is 17.8. The van der Waals surface area contributed by atoms with Crippen LogP contribution in [0.4, 0.5) is 0 Å². The summed E-state index contributed by atoms with van der Waals surface area (Å²) in [5, 5.41) is 0.731. The molecule has 0 bridgehead atoms. The Balaban J connectivity index is 1.33. The number of hydrogen-bond acceptors (Lipinski definition) is 5. The van der Waals surface area contributed by atoms with E-state index >= 15 is 0 Å². The molecule has 0 amide bonds. The van der Waals surface area contributed by atoms with Gasteiger partial charge in [0.15, 0.2) is 0 Å². The van der Waals surface area contributed by atoms with Gasteiger partial charge in [-0.15, -0.1) is 0 Å². The van der Waals surface area contributed by atoms with Gasteiger partial charge in [-0.2, -0.15) is 0 Å². The standard InChI is InChI=1S/C22H24ClN5S/c1-15(17-3-2-4-19(23)9-17)27-29-21(10-24)12-25-11-20-14-28-13-18(16-5-6-16)7-8-22(28)26-20/h2-4,7-10,12-16,27H,5-6,11,24H2,1H3/b21-10+,25-12?. The summed E-state index contributed by atoms with van der Waals surface area (Å²) in [6.07, 6.45) is 10.2. The van der Waals surface area contributed by atoms with Crippen molar-refractivity contribution in [1.29, 1.82) is 0 Å². The van der Waals surface area contributed by atoms with Crippen molar-refractivity contribution in [2.75, 3.05) is 0 Å². The van der Waals surface area contributed by atoms with Crippen molar-refractivity contribution in [3.63, 3.8) is 0 Å². The Kier molecular flexibility index (Phi) is 6.23. The number of aliphatic imine (C=N–C) groups is 1. The summed E-state index contributed by atoms with van der Waals surface area (Å²) in [5.41, 5.74) is 10.2. The fourth-order valence-corrected chi connectivity index (χ4v) is 3.97. The van der Waals surface area contributed by atoms with Gasteiger partial charge in [0.1, 0.15) is 5.65 Å². The van der Waals surface area contributed by atoms with E-state index in [-0.39, 0.29) is 6.04 Å².